The maximum absolute atomic E-state index is 12.2. The van der Waals surface area contributed by atoms with E-state index in [2.05, 4.69) is 5.32 Å². The van der Waals surface area contributed by atoms with Gasteiger partial charge in [0.25, 0.3) is 5.91 Å². The first-order valence-corrected chi connectivity index (χ1v) is 7.44. The number of nitrogens with one attached hydrogen (secondary N) is 1. The van der Waals surface area contributed by atoms with Gasteiger partial charge in [0.15, 0.2) is 0 Å². The molecule has 0 aliphatic carbocycles. The second kappa shape index (κ2) is 5.65. The van der Waals surface area contributed by atoms with Gasteiger partial charge in [-0.05, 0) is 11.6 Å². The summed E-state index contributed by atoms with van der Waals surface area (Å²) in [6.07, 6.45) is 0. The minimum atomic E-state index is -0.125. The Kier molecular flexibility index (Phi) is 3.72. The summed E-state index contributed by atoms with van der Waals surface area (Å²) < 4.78 is 1.03. The summed E-state index contributed by atoms with van der Waals surface area (Å²) in [4.78, 5) is 12.8. The van der Waals surface area contributed by atoms with Gasteiger partial charge in [0.1, 0.15) is 4.88 Å². The van der Waals surface area contributed by atoms with E-state index in [0.717, 1.165) is 15.6 Å². The van der Waals surface area contributed by atoms with Crippen LogP contribution in [0.4, 0.5) is 0 Å². The van der Waals surface area contributed by atoms with E-state index >= 15 is 0 Å². The van der Waals surface area contributed by atoms with Crippen LogP contribution in [0.15, 0.2) is 54.6 Å². The first-order valence-electron chi connectivity index (χ1n) is 6.25. The lowest BCUT2D eigenvalue weighted by Gasteiger charge is -2.03. The second-order valence-corrected chi connectivity index (χ2v) is 5.84. The fraction of sp³-hybridized carbons (Fsp3) is 0.0625. The fourth-order valence-corrected chi connectivity index (χ4v) is 3.45. The summed E-state index contributed by atoms with van der Waals surface area (Å²) in [5, 5.41) is 4.38. The van der Waals surface area contributed by atoms with E-state index in [1.807, 2.05) is 54.6 Å². The van der Waals surface area contributed by atoms with Gasteiger partial charge in [0.2, 0.25) is 0 Å². The smallest absolute Gasteiger partial charge is 0.263 e. The number of carbonyl (C=O) groups is 1. The molecule has 0 fully saturated rings. The molecule has 0 unspecified atom stereocenters. The van der Waals surface area contributed by atoms with Crippen LogP contribution in [0.5, 0.6) is 0 Å². The molecule has 0 spiro atoms. The highest BCUT2D eigenvalue weighted by atomic mass is 35.5. The highest BCUT2D eigenvalue weighted by Crippen LogP contribution is 2.34. The lowest BCUT2D eigenvalue weighted by atomic mass is 10.2. The second-order valence-electron chi connectivity index (χ2n) is 4.41. The van der Waals surface area contributed by atoms with Gasteiger partial charge < -0.3 is 5.32 Å². The Labute approximate surface area is 126 Å². The van der Waals surface area contributed by atoms with Crippen molar-refractivity contribution in [3.05, 3.63) is 70.1 Å². The van der Waals surface area contributed by atoms with Crippen molar-refractivity contribution in [3.8, 4) is 0 Å². The van der Waals surface area contributed by atoms with Gasteiger partial charge in [-0.1, -0.05) is 60.1 Å². The van der Waals surface area contributed by atoms with Crippen molar-refractivity contribution in [2.75, 3.05) is 0 Å². The number of hydrogen-bond acceptors (Lipinski definition) is 2. The van der Waals surface area contributed by atoms with E-state index in [1.165, 1.54) is 11.3 Å². The SMILES string of the molecule is O=C(NCc1ccccc1)c1sc2ccccc2c1Cl. The average molecular weight is 302 g/mol. The third-order valence-electron chi connectivity index (χ3n) is 3.04. The minimum Gasteiger partial charge on any atom is -0.347 e. The number of fused-ring (bicyclic) bond motifs is 1. The lowest BCUT2D eigenvalue weighted by molar-refractivity contribution is 0.0955. The molecule has 2 aromatic carbocycles. The highest BCUT2D eigenvalue weighted by Gasteiger charge is 2.16. The maximum atomic E-state index is 12.2. The molecule has 0 bridgehead atoms. The Bertz CT molecular complexity index is 752. The standard InChI is InChI=1S/C16H12ClNOS/c17-14-12-8-4-5-9-13(12)20-15(14)16(19)18-10-11-6-2-1-3-7-11/h1-9H,10H2,(H,18,19). The first kappa shape index (κ1) is 13.2. The number of halogens is 1. The van der Waals surface area contributed by atoms with E-state index in [4.69, 9.17) is 11.6 Å². The Balaban J connectivity index is 1.81. The van der Waals surface area contributed by atoms with Crippen LogP contribution >= 0.6 is 22.9 Å². The molecule has 1 aromatic heterocycles. The van der Waals surface area contributed by atoms with Crippen molar-refractivity contribution >= 4 is 38.9 Å². The van der Waals surface area contributed by atoms with Crippen LogP contribution in [0.2, 0.25) is 5.02 Å². The van der Waals surface area contributed by atoms with Crippen molar-refractivity contribution in [3.63, 3.8) is 0 Å². The summed E-state index contributed by atoms with van der Waals surface area (Å²) in [7, 11) is 0. The minimum absolute atomic E-state index is 0.125. The summed E-state index contributed by atoms with van der Waals surface area (Å²) >= 11 is 7.71. The monoisotopic (exact) mass is 301 g/mol. The number of rotatable bonds is 3. The first-order chi connectivity index (χ1) is 9.75. The molecule has 4 heteroatoms. The van der Waals surface area contributed by atoms with E-state index in [9.17, 15) is 4.79 Å². The molecule has 1 amide bonds. The molecular formula is C16H12ClNOS. The molecular weight excluding hydrogens is 290 g/mol. The summed E-state index contributed by atoms with van der Waals surface area (Å²) in [5.41, 5.74) is 1.07. The van der Waals surface area contributed by atoms with E-state index in [1.54, 1.807) is 0 Å². The fourth-order valence-electron chi connectivity index (χ4n) is 2.02. The zero-order valence-corrected chi connectivity index (χ0v) is 12.2. The number of thiophene rings is 1. The zero-order valence-electron chi connectivity index (χ0n) is 10.6. The molecule has 0 atom stereocenters. The van der Waals surface area contributed by atoms with Gasteiger partial charge in [-0.25, -0.2) is 0 Å². The van der Waals surface area contributed by atoms with Gasteiger partial charge in [0.05, 0.1) is 5.02 Å². The Morgan fingerprint density at radius 1 is 1.05 bits per heavy atom. The summed E-state index contributed by atoms with van der Waals surface area (Å²) in [6.45, 7) is 0.504. The molecule has 0 saturated heterocycles. The Morgan fingerprint density at radius 3 is 2.50 bits per heavy atom. The number of benzene rings is 2. The summed E-state index contributed by atoms with van der Waals surface area (Å²) in [5.74, 6) is -0.125. The van der Waals surface area contributed by atoms with Crippen LogP contribution in [0.1, 0.15) is 15.2 Å². The number of hydrogen-bond donors (Lipinski definition) is 1. The average Bonchev–Trinajstić information content (AvgIpc) is 2.84. The van der Waals surface area contributed by atoms with E-state index < -0.39 is 0 Å². The molecule has 0 aliphatic heterocycles. The van der Waals surface area contributed by atoms with Gasteiger partial charge in [0, 0.05) is 16.6 Å². The third-order valence-corrected chi connectivity index (χ3v) is 4.71. The molecule has 20 heavy (non-hydrogen) atoms. The van der Waals surface area contributed by atoms with Crippen LogP contribution < -0.4 is 5.32 Å². The van der Waals surface area contributed by atoms with Gasteiger partial charge in [-0.2, -0.15) is 0 Å². The molecule has 3 rings (SSSR count). The van der Waals surface area contributed by atoms with Crippen LogP contribution in [-0.2, 0) is 6.54 Å². The molecule has 2 nitrogen and oxygen atoms in total. The predicted octanol–water partition coefficient (Wildman–Crippen LogP) is 4.48. The van der Waals surface area contributed by atoms with Crippen molar-refractivity contribution in [2.45, 2.75) is 6.54 Å². The molecule has 1 heterocycles. The predicted molar refractivity (Wildman–Crippen MR) is 84.4 cm³/mol. The van der Waals surface area contributed by atoms with Crippen molar-refractivity contribution < 1.29 is 4.79 Å². The summed E-state index contributed by atoms with van der Waals surface area (Å²) in [6, 6.07) is 17.6. The van der Waals surface area contributed by atoms with E-state index in [0.29, 0.717) is 16.4 Å². The zero-order chi connectivity index (χ0) is 13.9. The molecule has 0 radical (unpaired) electrons. The van der Waals surface area contributed by atoms with Crippen molar-refractivity contribution in [1.29, 1.82) is 0 Å². The number of carbonyl (C=O) groups excluding carboxylic acids is 1. The largest absolute Gasteiger partial charge is 0.347 e. The van der Waals surface area contributed by atoms with Crippen LogP contribution in [0.25, 0.3) is 10.1 Å². The third kappa shape index (κ3) is 2.55. The lowest BCUT2D eigenvalue weighted by Crippen LogP contribution is -2.21. The quantitative estimate of drug-likeness (QED) is 0.759. The Morgan fingerprint density at radius 2 is 1.75 bits per heavy atom. The maximum Gasteiger partial charge on any atom is 0.263 e. The van der Waals surface area contributed by atoms with Gasteiger partial charge in [-0.15, -0.1) is 11.3 Å². The normalized spacial score (nSPS) is 10.7. The molecule has 3 aromatic rings. The van der Waals surface area contributed by atoms with Crippen molar-refractivity contribution in [1.82, 2.24) is 5.32 Å². The topological polar surface area (TPSA) is 29.1 Å². The number of amides is 1. The van der Waals surface area contributed by atoms with Gasteiger partial charge >= 0.3 is 0 Å². The van der Waals surface area contributed by atoms with Crippen LogP contribution in [0, 0.1) is 0 Å². The van der Waals surface area contributed by atoms with Crippen LogP contribution in [-0.4, -0.2) is 5.91 Å². The van der Waals surface area contributed by atoms with Gasteiger partial charge in [-0.3, -0.25) is 4.79 Å². The van der Waals surface area contributed by atoms with Crippen LogP contribution in [0.3, 0.4) is 0 Å². The van der Waals surface area contributed by atoms with Crippen molar-refractivity contribution in [2.24, 2.45) is 0 Å². The molecule has 1 N–H and O–H groups in total. The molecule has 100 valence electrons. The highest BCUT2D eigenvalue weighted by molar-refractivity contribution is 7.21. The molecule has 0 aliphatic rings. The Hall–Kier alpha value is -1.84. The van der Waals surface area contributed by atoms with E-state index in [-0.39, 0.29) is 5.91 Å². The molecule has 0 saturated carbocycles.